The van der Waals surface area contributed by atoms with Gasteiger partial charge in [0.25, 0.3) is 5.89 Å². The van der Waals surface area contributed by atoms with Crippen molar-refractivity contribution < 1.29 is 27.2 Å². The number of H-pyrrole nitrogens is 1. The zero-order chi connectivity index (χ0) is 28.4. The number of amides is 3. The van der Waals surface area contributed by atoms with Gasteiger partial charge in [0.15, 0.2) is 5.69 Å². The first-order chi connectivity index (χ1) is 19.1. The molecule has 4 aromatic heterocycles. The zero-order valence-electron chi connectivity index (χ0n) is 20.8. The number of hydrogen-bond acceptors (Lipinski definition) is 9. The number of aromatic nitrogens is 5. The van der Waals surface area contributed by atoms with Crippen LogP contribution in [0.3, 0.4) is 0 Å². The fourth-order valence-electron chi connectivity index (χ4n) is 3.77. The summed E-state index contributed by atoms with van der Waals surface area (Å²) in [6, 6.07) is 2.38. The van der Waals surface area contributed by atoms with E-state index in [2.05, 4.69) is 41.1 Å². The van der Waals surface area contributed by atoms with E-state index in [4.69, 9.17) is 4.42 Å². The first-order valence-electron chi connectivity index (χ1n) is 12.0. The molecule has 0 bridgehead atoms. The van der Waals surface area contributed by atoms with Gasteiger partial charge in [-0.25, -0.2) is 24.7 Å². The van der Waals surface area contributed by atoms with Gasteiger partial charge in [-0.1, -0.05) is 0 Å². The van der Waals surface area contributed by atoms with Gasteiger partial charge < -0.3 is 15.1 Å². The molecule has 0 unspecified atom stereocenters. The van der Waals surface area contributed by atoms with Crippen LogP contribution in [0.4, 0.5) is 23.8 Å². The Kier molecular flexibility index (Phi) is 7.34. The molecule has 0 aromatic carbocycles. The normalized spacial score (nSPS) is 13.2. The van der Waals surface area contributed by atoms with E-state index in [9.17, 15) is 27.6 Å². The number of anilines is 1. The highest BCUT2D eigenvalue weighted by atomic mass is 32.1. The third kappa shape index (κ3) is 6.17. The predicted octanol–water partition coefficient (Wildman–Crippen LogP) is 3.59. The van der Waals surface area contributed by atoms with E-state index < -0.39 is 36.0 Å². The average Bonchev–Trinajstić information content (AvgIpc) is 3.42. The van der Waals surface area contributed by atoms with Crippen LogP contribution in [0.5, 0.6) is 0 Å². The fraction of sp³-hybridized carbons (Fsp3) is 0.292. The summed E-state index contributed by atoms with van der Waals surface area (Å²) in [6.45, 7) is 2.06. The monoisotopic (exact) mass is 574 g/mol. The van der Waals surface area contributed by atoms with Crippen molar-refractivity contribution in [1.29, 1.82) is 0 Å². The van der Waals surface area contributed by atoms with Crippen LogP contribution in [-0.2, 0) is 17.4 Å². The Bertz CT molecular complexity index is 1630. The zero-order valence-corrected chi connectivity index (χ0v) is 21.6. The van der Waals surface area contributed by atoms with Crippen LogP contribution in [-0.4, -0.2) is 49.7 Å². The number of nitrogens with zero attached hydrogens (tertiary/aromatic N) is 4. The second-order valence-corrected chi connectivity index (χ2v) is 9.87. The van der Waals surface area contributed by atoms with Gasteiger partial charge in [0.05, 0.1) is 12.0 Å². The minimum Gasteiger partial charge on any atom is -0.388 e. The second kappa shape index (κ2) is 10.9. The summed E-state index contributed by atoms with van der Waals surface area (Å²) in [5, 5.41) is 13.7. The molecule has 1 aliphatic rings. The lowest BCUT2D eigenvalue weighted by molar-refractivity contribution is -0.141. The fourth-order valence-corrected chi connectivity index (χ4v) is 4.88. The SMILES string of the molecule is CCNC(=O)Nc1cc(-c2nc(C(F)(F)F)c(CC(=O)NC3CC3)s2)c(-c2cncc(-c3n[nH]c(=O)o3)c2)cn1. The van der Waals surface area contributed by atoms with Gasteiger partial charge in [-0.05, 0) is 31.9 Å². The summed E-state index contributed by atoms with van der Waals surface area (Å²) in [6.07, 6.45) is 0.481. The van der Waals surface area contributed by atoms with E-state index >= 15 is 0 Å². The summed E-state index contributed by atoms with van der Waals surface area (Å²) in [5.74, 6) is -1.27. The molecule has 0 spiro atoms. The molecule has 1 aliphatic carbocycles. The molecule has 4 heterocycles. The van der Waals surface area contributed by atoms with Gasteiger partial charge in [0.2, 0.25) is 5.91 Å². The lowest BCUT2D eigenvalue weighted by Gasteiger charge is -2.11. The number of alkyl halides is 3. The first kappa shape index (κ1) is 27.0. The molecule has 3 amide bonds. The standard InChI is InChI=1S/C24H21F3N8O4S/c1-2-29-22(37)32-17-6-14(15(10-30-17)11-5-12(9-28-8-11)20-34-35-23(38)39-20)21-33-19(24(25,26)27)16(40-21)7-18(36)31-13-3-4-13/h5-6,8-10,13H,2-4,7H2,1H3,(H,31,36)(H,35,38)(H2,29,30,32,37). The van der Waals surface area contributed by atoms with Crippen molar-refractivity contribution in [2.45, 2.75) is 38.4 Å². The number of rotatable bonds is 8. The molecule has 0 saturated heterocycles. The maximum atomic E-state index is 14.0. The molecule has 0 radical (unpaired) electrons. The van der Waals surface area contributed by atoms with Gasteiger partial charge in [-0.3, -0.25) is 15.1 Å². The number of pyridine rings is 2. The maximum Gasteiger partial charge on any atom is 0.434 e. The van der Waals surface area contributed by atoms with Gasteiger partial charge >= 0.3 is 18.0 Å². The van der Waals surface area contributed by atoms with Crippen LogP contribution >= 0.6 is 11.3 Å². The van der Waals surface area contributed by atoms with Crippen LogP contribution in [0, 0.1) is 0 Å². The average molecular weight is 575 g/mol. The highest BCUT2D eigenvalue weighted by molar-refractivity contribution is 7.15. The third-order valence-electron chi connectivity index (χ3n) is 5.68. The Hall–Kier alpha value is -4.60. The van der Waals surface area contributed by atoms with Gasteiger partial charge in [0.1, 0.15) is 10.8 Å². The molecule has 1 saturated carbocycles. The molecule has 208 valence electrons. The quantitative estimate of drug-likeness (QED) is 0.248. The summed E-state index contributed by atoms with van der Waals surface area (Å²) in [4.78, 5) is 47.9. The molecule has 0 atom stereocenters. The van der Waals surface area contributed by atoms with Gasteiger partial charge in [0, 0.05) is 52.7 Å². The van der Waals surface area contributed by atoms with E-state index in [1.807, 2.05) is 0 Å². The Labute approximate surface area is 227 Å². The predicted molar refractivity (Wildman–Crippen MR) is 137 cm³/mol. The highest BCUT2D eigenvalue weighted by Gasteiger charge is 2.38. The van der Waals surface area contributed by atoms with Crippen LogP contribution in [0.1, 0.15) is 30.3 Å². The Morgan fingerprint density at radius 1 is 1.15 bits per heavy atom. The number of thiazole rings is 1. The van der Waals surface area contributed by atoms with Crippen molar-refractivity contribution in [3.63, 3.8) is 0 Å². The van der Waals surface area contributed by atoms with Gasteiger partial charge in [-0.15, -0.1) is 16.4 Å². The maximum absolute atomic E-state index is 14.0. The molecule has 16 heteroatoms. The Morgan fingerprint density at radius 3 is 2.60 bits per heavy atom. The van der Waals surface area contributed by atoms with Crippen LogP contribution in [0.25, 0.3) is 33.2 Å². The number of halogens is 3. The number of carbonyl (C=O) groups excluding carboxylic acids is 2. The van der Waals surface area contributed by atoms with Crippen LogP contribution < -0.4 is 21.7 Å². The molecule has 40 heavy (non-hydrogen) atoms. The molecule has 5 rings (SSSR count). The topological polar surface area (TPSA) is 168 Å². The molecular weight excluding hydrogens is 553 g/mol. The van der Waals surface area contributed by atoms with E-state index in [-0.39, 0.29) is 33.2 Å². The molecule has 4 aromatic rings. The Balaban J connectivity index is 1.60. The van der Waals surface area contributed by atoms with Crippen molar-refractivity contribution in [2.75, 3.05) is 11.9 Å². The number of urea groups is 1. The number of nitrogens with one attached hydrogen (secondary N) is 4. The van der Waals surface area contributed by atoms with Crippen molar-refractivity contribution in [3.05, 3.63) is 51.8 Å². The number of carbonyl (C=O) groups is 2. The smallest absolute Gasteiger partial charge is 0.388 e. The summed E-state index contributed by atoms with van der Waals surface area (Å²) in [7, 11) is 0. The number of hydrogen-bond donors (Lipinski definition) is 4. The summed E-state index contributed by atoms with van der Waals surface area (Å²) < 4.78 is 46.9. The molecule has 4 N–H and O–H groups in total. The van der Waals surface area contributed by atoms with E-state index in [1.165, 1.54) is 24.7 Å². The van der Waals surface area contributed by atoms with Crippen molar-refractivity contribution in [3.8, 4) is 33.2 Å². The van der Waals surface area contributed by atoms with Crippen molar-refractivity contribution in [2.24, 2.45) is 0 Å². The van der Waals surface area contributed by atoms with Crippen molar-refractivity contribution >= 4 is 29.1 Å². The van der Waals surface area contributed by atoms with Crippen LogP contribution in [0.2, 0.25) is 0 Å². The first-order valence-corrected chi connectivity index (χ1v) is 12.8. The minimum absolute atomic E-state index is 0.0114. The Morgan fingerprint density at radius 2 is 1.93 bits per heavy atom. The van der Waals surface area contributed by atoms with E-state index in [0.717, 1.165) is 24.2 Å². The summed E-state index contributed by atoms with van der Waals surface area (Å²) >= 11 is 0.720. The van der Waals surface area contributed by atoms with E-state index in [1.54, 1.807) is 13.0 Å². The molecule has 1 fully saturated rings. The van der Waals surface area contributed by atoms with Crippen molar-refractivity contribution in [1.82, 2.24) is 35.8 Å². The number of aromatic amines is 1. The molecule has 12 nitrogen and oxygen atoms in total. The van der Waals surface area contributed by atoms with Crippen LogP contribution in [0.15, 0.2) is 39.9 Å². The lowest BCUT2D eigenvalue weighted by atomic mass is 10.0. The minimum atomic E-state index is -4.81. The third-order valence-corrected chi connectivity index (χ3v) is 6.77. The van der Waals surface area contributed by atoms with Gasteiger partial charge in [-0.2, -0.15) is 13.2 Å². The lowest BCUT2D eigenvalue weighted by Crippen LogP contribution is -2.28. The molecular formula is C24H21F3N8O4S. The second-order valence-electron chi connectivity index (χ2n) is 8.79. The summed E-state index contributed by atoms with van der Waals surface area (Å²) in [5.41, 5.74) is 0.0780. The van der Waals surface area contributed by atoms with E-state index in [0.29, 0.717) is 23.2 Å². The highest BCUT2D eigenvalue weighted by Crippen LogP contribution is 2.41. The largest absolute Gasteiger partial charge is 0.434 e. The molecule has 0 aliphatic heterocycles.